The van der Waals surface area contributed by atoms with Gasteiger partial charge in [-0.3, -0.25) is 0 Å². The average molecular weight is 320 g/mol. The molecule has 1 fully saturated rings. The summed E-state index contributed by atoms with van der Waals surface area (Å²) in [5.74, 6) is 0. The second-order valence-electron chi connectivity index (χ2n) is 5.40. The van der Waals surface area contributed by atoms with Crippen molar-refractivity contribution in [1.29, 1.82) is 0 Å². The van der Waals surface area contributed by atoms with Crippen molar-refractivity contribution in [1.82, 2.24) is 24.8 Å². The molecular weight excluding hydrogens is 300 g/mol. The molecule has 0 bridgehead atoms. The molecule has 0 aliphatic carbocycles. The summed E-state index contributed by atoms with van der Waals surface area (Å²) in [4.78, 5) is 24.7. The van der Waals surface area contributed by atoms with Crippen molar-refractivity contribution < 1.29 is 4.79 Å². The highest BCUT2D eigenvalue weighted by Gasteiger charge is 2.23. The van der Waals surface area contributed by atoms with E-state index in [0.29, 0.717) is 0 Å². The van der Waals surface area contributed by atoms with Gasteiger partial charge < -0.3 is 19.7 Å². The zero-order valence-electron chi connectivity index (χ0n) is 12.6. The molecule has 1 atom stereocenters. The minimum Gasteiger partial charge on any atom is -0.345 e. The predicted octanol–water partition coefficient (Wildman–Crippen LogP) is 1.26. The van der Waals surface area contributed by atoms with E-state index >= 15 is 0 Å². The molecule has 2 aromatic rings. The standard InChI is InChI=1S/C14H20N6OS/c1-12(10-18-4-2-15-11-18)17-13(21)19-5-7-20(8-6-19)14-16-3-9-22-14/h2-4,9,11-12H,5-8,10H2,1H3,(H,17,21). The van der Waals surface area contributed by atoms with Crippen LogP contribution < -0.4 is 10.2 Å². The van der Waals surface area contributed by atoms with Gasteiger partial charge in [0.25, 0.3) is 0 Å². The van der Waals surface area contributed by atoms with Crippen molar-refractivity contribution in [2.24, 2.45) is 0 Å². The summed E-state index contributed by atoms with van der Waals surface area (Å²) in [6.07, 6.45) is 7.22. The van der Waals surface area contributed by atoms with Gasteiger partial charge in [0.2, 0.25) is 0 Å². The summed E-state index contributed by atoms with van der Waals surface area (Å²) >= 11 is 1.64. The molecule has 1 saturated heterocycles. The SMILES string of the molecule is CC(Cn1ccnc1)NC(=O)N1CCN(c2nccs2)CC1. The summed E-state index contributed by atoms with van der Waals surface area (Å²) in [7, 11) is 0. The number of carbonyl (C=O) groups excluding carboxylic acids is 1. The van der Waals surface area contributed by atoms with E-state index in [-0.39, 0.29) is 12.1 Å². The van der Waals surface area contributed by atoms with Crippen molar-refractivity contribution in [3.05, 3.63) is 30.3 Å². The molecule has 8 heteroatoms. The number of aromatic nitrogens is 3. The minimum atomic E-state index is 0.00593. The number of nitrogens with zero attached hydrogens (tertiary/aromatic N) is 5. The molecule has 0 radical (unpaired) electrons. The lowest BCUT2D eigenvalue weighted by Crippen LogP contribution is -2.53. The van der Waals surface area contributed by atoms with Gasteiger partial charge in [0.15, 0.2) is 5.13 Å². The van der Waals surface area contributed by atoms with Crippen LogP contribution in [0.2, 0.25) is 0 Å². The van der Waals surface area contributed by atoms with Crippen molar-refractivity contribution in [3.8, 4) is 0 Å². The molecule has 0 aromatic carbocycles. The first-order valence-corrected chi connectivity index (χ1v) is 8.26. The molecule has 2 aromatic heterocycles. The van der Waals surface area contributed by atoms with Crippen LogP contribution in [0.5, 0.6) is 0 Å². The Hall–Kier alpha value is -2.09. The van der Waals surface area contributed by atoms with Gasteiger partial charge in [0.1, 0.15) is 0 Å². The molecule has 0 spiro atoms. The largest absolute Gasteiger partial charge is 0.345 e. The Morgan fingerprint density at radius 1 is 1.36 bits per heavy atom. The zero-order valence-corrected chi connectivity index (χ0v) is 13.4. The first-order chi connectivity index (χ1) is 10.7. The van der Waals surface area contributed by atoms with Crippen molar-refractivity contribution in [3.63, 3.8) is 0 Å². The monoisotopic (exact) mass is 320 g/mol. The minimum absolute atomic E-state index is 0.00593. The van der Waals surface area contributed by atoms with Crippen LogP contribution in [0.4, 0.5) is 9.93 Å². The van der Waals surface area contributed by atoms with Crippen LogP contribution in [-0.4, -0.2) is 57.7 Å². The number of anilines is 1. The fourth-order valence-electron chi connectivity index (χ4n) is 2.53. The normalized spacial score (nSPS) is 16.6. The second-order valence-corrected chi connectivity index (χ2v) is 6.27. The maximum Gasteiger partial charge on any atom is 0.317 e. The first-order valence-electron chi connectivity index (χ1n) is 7.38. The number of piperazine rings is 1. The van der Waals surface area contributed by atoms with Gasteiger partial charge >= 0.3 is 6.03 Å². The first kappa shape index (κ1) is 14.8. The smallest absolute Gasteiger partial charge is 0.317 e. The van der Waals surface area contributed by atoms with Crippen LogP contribution >= 0.6 is 11.3 Å². The lowest BCUT2D eigenvalue weighted by molar-refractivity contribution is 0.190. The third kappa shape index (κ3) is 3.56. The zero-order chi connectivity index (χ0) is 15.4. The van der Waals surface area contributed by atoms with Crippen molar-refractivity contribution in [2.45, 2.75) is 19.5 Å². The van der Waals surface area contributed by atoms with Gasteiger partial charge in [0, 0.05) is 62.7 Å². The van der Waals surface area contributed by atoms with Crippen LogP contribution in [0.15, 0.2) is 30.3 Å². The lowest BCUT2D eigenvalue weighted by atomic mass is 10.3. The van der Waals surface area contributed by atoms with Gasteiger partial charge in [-0.15, -0.1) is 11.3 Å². The van der Waals surface area contributed by atoms with Gasteiger partial charge in [-0.1, -0.05) is 0 Å². The number of carbonyl (C=O) groups is 1. The van der Waals surface area contributed by atoms with E-state index in [1.165, 1.54) is 0 Å². The predicted molar refractivity (Wildman–Crippen MR) is 86.1 cm³/mol. The van der Waals surface area contributed by atoms with Crippen LogP contribution in [0.25, 0.3) is 0 Å². The number of hydrogen-bond acceptors (Lipinski definition) is 5. The number of imidazole rings is 1. The number of nitrogens with one attached hydrogen (secondary N) is 1. The number of hydrogen-bond donors (Lipinski definition) is 1. The average Bonchev–Trinajstić information content (AvgIpc) is 3.20. The van der Waals surface area contributed by atoms with Crippen LogP contribution in [0.3, 0.4) is 0 Å². The molecular formula is C14H20N6OS. The molecule has 2 amide bonds. The Kier molecular flexibility index (Phi) is 4.57. The molecule has 118 valence electrons. The molecule has 22 heavy (non-hydrogen) atoms. The van der Waals surface area contributed by atoms with E-state index in [1.807, 2.05) is 34.2 Å². The lowest BCUT2D eigenvalue weighted by Gasteiger charge is -2.35. The van der Waals surface area contributed by atoms with E-state index in [9.17, 15) is 4.79 Å². The molecule has 1 aliphatic heterocycles. The van der Waals surface area contributed by atoms with Gasteiger partial charge in [-0.05, 0) is 6.92 Å². The second kappa shape index (κ2) is 6.78. The van der Waals surface area contributed by atoms with Crippen LogP contribution in [-0.2, 0) is 6.54 Å². The summed E-state index contributed by atoms with van der Waals surface area (Å²) in [5.41, 5.74) is 0. The molecule has 3 rings (SSSR count). The maximum atomic E-state index is 12.3. The Labute approximate surface area is 133 Å². The van der Waals surface area contributed by atoms with Gasteiger partial charge in [0.05, 0.1) is 6.33 Å². The number of thiazole rings is 1. The number of urea groups is 1. The van der Waals surface area contributed by atoms with E-state index in [0.717, 1.165) is 37.9 Å². The highest BCUT2D eigenvalue weighted by Crippen LogP contribution is 2.18. The van der Waals surface area contributed by atoms with Crippen molar-refractivity contribution >= 4 is 22.5 Å². The van der Waals surface area contributed by atoms with Crippen LogP contribution in [0.1, 0.15) is 6.92 Å². The molecule has 3 heterocycles. The van der Waals surface area contributed by atoms with Gasteiger partial charge in [-0.2, -0.15) is 0 Å². The molecule has 7 nitrogen and oxygen atoms in total. The summed E-state index contributed by atoms with van der Waals surface area (Å²) in [6, 6.07) is 0.0742. The Morgan fingerprint density at radius 2 is 2.18 bits per heavy atom. The highest BCUT2D eigenvalue weighted by molar-refractivity contribution is 7.13. The molecule has 0 saturated carbocycles. The Morgan fingerprint density at radius 3 is 2.82 bits per heavy atom. The third-order valence-electron chi connectivity index (χ3n) is 3.67. The summed E-state index contributed by atoms with van der Waals surface area (Å²) in [6.45, 7) is 5.84. The fraction of sp³-hybridized carbons (Fsp3) is 0.500. The van der Waals surface area contributed by atoms with E-state index in [1.54, 1.807) is 23.9 Å². The molecule has 1 unspecified atom stereocenters. The van der Waals surface area contributed by atoms with Crippen molar-refractivity contribution in [2.75, 3.05) is 31.1 Å². The summed E-state index contributed by atoms with van der Waals surface area (Å²) in [5, 5.41) is 6.06. The van der Waals surface area contributed by atoms with E-state index < -0.39 is 0 Å². The number of rotatable bonds is 4. The Bertz CT molecular complexity index is 577. The molecule has 1 N–H and O–H groups in total. The number of amides is 2. The van der Waals surface area contributed by atoms with Crippen LogP contribution in [0, 0.1) is 0 Å². The quantitative estimate of drug-likeness (QED) is 0.921. The molecule has 1 aliphatic rings. The summed E-state index contributed by atoms with van der Waals surface area (Å²) < 4.78 is 1.96. The maximum absolute atomic E-state index is 12.3. The Balaban J connectivity index is 1.45. The van der Waals surface area contributed by atoms with E-state index in [2.05, 4.69) is 20.2 Å². The highest BCUT2D eigenvalue weighted by atomic mass is 32.1. The van der Waals surface area contributed by atoms with E-state index in [4.69, 9.17) is 0 Å². The topological polar surface area (TPSA) is 66.3 Å². The third-order valence-corrected chi connectivity index (χ3v) is 4.50. The van der Waals surface area contributed by atoms with Gasteiger partial charge in [-0.25, -0.2) is 14.8 Å². The fourth-order valence-corrected chi connectivity index (χ4v) is 3.23.